The van der Waals surface area contributed by atoms with E-state index in [4.69, 9.17) is 27.9 Å². The summed E-state index contributed by atoms with van der Waals surface area (Å²) in [6, 6.07) is 6.98. The molecule has 0 bridgehead atoms. The van der Waals surface area contributed by atoms with Crippen LogP contribution in [0.1, 0.15) is 24.2 Å². The summed E-state index contributed by atoms with van der Waals surface area (Å²) < 4.78 is 5.81. The molecular formula is C14H17Cl2NO2. The van der Waals surface area contributed by atoms with Gasteiger partial charge in [0.2, 0.25) is 0 Å². The van der Waals surface area contributed by atoms with E-state index in [1.165, 1.54) is 0 Å². The van der Waals surface area contributed by atoms with Crippen molar-refractivity contribution in [1.29, 1.82) is 0 Å². The summed E-state index contributed by atoms with van der Waals surface area (Å²) in [5.74, 6) is 0.344. The van der Waals surface area contributed by atoms with E-state index < -0.39 is 0 Å². The van der Waals surface area contributed by atoms with Crippen LogP contribution in [0.3, 0.4) is 0 Å². The van der Waals surface area contributed by atoms with E-state index >= 15 is 0 Å². The zero-order valence-corrected chi connectivity index (χ0v) is 12.5. The van der Waals surface area contributed by atoms with Gasteiger partial charge in [-0.15, -0.1) is 11.6 Å². The standard InChI is InChI=1S/C14H17Cl2NO2/c1-14(2)9-17(8-12(7-15)19-14)13(18)10-4-3-5-11(16)6-10/h3-6,12H,7-9H2,1-2H3. The number of carbonyl (C=O) groups is 1. The molecule has 1 aromatic rings. The van der Waals surface area contributed by atoms with Crippen LogP contribution in [0.4, 0.5) is 0 Å². The van der Waals surface area contributed by atoms with Crippen molar-refractivity contribution in [3.8, 4) is 0 Å². The molecule has 1 aliphatic rings. The van der Waals surface area contributed by atoms with Gasteiger partial charge in [0.25, 0.3) is 5.91 Å². The number of rotatable bonds is 2. The lowest BCUT2D eigenvalue weighted by atomic mass is 10.0. The number of amides is 1. The minimum absolute atomic E-state index is 0.0333. The first kappa shape index (κ1) is 14.6. The highest BCUT2D eigenvalue weighted by atomic mass is 35.5. The number of halogens is 2. The Bertz CT molecular complexity index is 476. The maximum absolute atomic E-state index is 12.5. The van der Waals surface area contributed by atoms with E-state index in [1.54, 1.807) is 29.2 Å². The van der Waals surface area contributed by atoms with Gasteiger partial charge in [-0.3, -0.25) is 4.79 Å². The highest BCUT2D eigenvalue weighted by molar-refractivity contribution is 6.30. The second-order valence-corrected chi connectivity index (χ2v) is 6.09. The number of hydrogen-bond donors (Lipinski definition) is 0. The Morgan fingerprint density at radius 3 is 2.89 bits per heavy atom. The predicted octanol–water partition coefficient (Wildman–Crippen LogP) is 3.20. The van der Waals surface area contributed by atoms with Crippen LogP contribution in [0.5, 0.6) is 0 Å². The first-order valence-corrected chi connectivity index (χ1v) is 7.11. The Morgan fingerprint density at radius 1 is 1.53 bits per heavy atom. The molecule has 0 spiro atoms. The van der Waals surface area contributed by atoms with Gasteiger partial charge in [0.1, 0.15) is 0 Å². The fourth-order valence-electron chi connectivity index (χ4n) is 2.33. The topological polar surface area (TPSA) is 29.5 Å². The molecule has 1 aliphatic heterocycles. The van der Waals surface area contributed by atoms with Crippen LogP contribution in [-0.2, 0) is 4.74 Å². The van der Waals surface area contributed by atoms with Crippen molar-refractivity contribution in [3.63, 3.8) is 0 Å². The van der Waals surface area contributed by atoms with Gasteiger partial charge in [0.15, 0.2) is 0 Å². The van der Waals surface area contributed by atoms with Crippen molar-refractivity contribution < 1.29 is 9.53 Å². The molecule has 1 saturated heterocycles. The number of nitrogens with zero attached hydrogens (tertiary/aromatic N) is 1. The van der Waals surface area contributed by atoms with E-state index in [2.05, 4.69) is 0 Å². The minimum Gasteiger partial charge on any atom is -0.367 e. The number of alkyl halides is 1. The van der Waals surface area contributed by atoms with Gasteiger partial charge in [0.05, 0.1) is 17.6 Å². The van der Waals surface area contributed by atoms with Crippen molar-refractivity contribution in [2.45, 2.75) is 25.6 Å². The van der Waals surface area contributed by atoms with Gasteiger partial charge in [-0.05, 0) is 32.0 Å². The molecule has 0 aromatic heterocycles. The average molecular weight is 302 g/mol. The summed E-state index contributed by atoms with van der Waals surface area (Å²) in [5.41, 5.74) is 0.213. The molecule has 1 heterocycles. The summed E-state index contributed by atoms with van der Waals surface area (Å²) in [4.78, 5) is 14.2. The largest absolute Gasteiger partial charge is 0.367 e. The lowest BCUT2D eigenvalue weighted by molar-refractivity contribution is -0.117. The van der Waals surface area contributed by atoms with Crippen LogP contribution < -0.4 is 0 Å². The van der Waals surface area contributed by atoms with Crippen LogP contribution in [0.15, 0.2) is 24.3 Å². The van der Waals surface area contributed by atoms with Crippen molar-refractivity contribution in [2.24, 2.45) is 0 Å². The van der Waals surface area contributed by atoms with E-state index in [9.17, 15) is 4.79 Å². The molecule has 1 fully saturated rings. The molecule has 104 valence electrons. The molecule has 3 nitrogen and oxygen atoms in total. The Kier molecular flexibility index (Phi) is 4.39. The van der Waals surface area contributed by atoms with Gasteiger partial charge in [-0.25, -0.2) is 0 Å². The average Bonchev–Trinajstić information content (AvgIpc) is 2.36. The first-order chi connectivity index (χ1) is 8.91. The second-order valence-electron chi connectivity index (χ2n) is 5.35. The van der Waals surface area contributed by atoms with Crippen LogP contribution in [0, 0.1) is 0 Å². The lowest BCUT2D eigenvalue weighted by Gasteiger charge is -2.42. The minimum atomic E-state index is -0.383. The van der Waals surface area contributed by atoms with Gasteiger partial charge in [-0.2, -0.15) is 0 Å². The summed E-state index contributed by atoms with van der Waals surface area (Å²) >= 11 is 11.8. The maximum Gasteiger partial charge on any atom is 0.254 e. The third-order valence-corrected chi connectivity index (χ3v) is 3.59. The third kappa shape index (κ3) is 3.62. The van der Waals surface area contributed by atoms with Gasteiger partial charge in [-0.1, -0.05) is 17.7 Å². The van der Waals surface area contributed by atoms with Crippen molar-refractivity contribution >= 4 is 29.1 Å². The van der Waals surface area contributed by atoms with E-state index in [1.807, 2.05) is 13.8 Å². The molecule has 1 amide bonds. The molecule has 1 unspecified atom stereocenters. The number of hydrogen-bond acceptors (Lipinski definition) is 2. The molecule has 5 heteroatoms. The predicted molar refractivity (Wildman–Crippen MR) is 77.0 cm³/mol. The van der Waals surface area contributed by atoms with Gasteiger partial charge < -0.3 is 9.64 Å². The molecule has 0 aliphatic carbocycles. The molecule has 19 heavy (non-hydrogen) atoms. The molecule has 1 aromatic carbocycles. The van der Waals surface area contributed by atoms with Gasteiger partial charge >= 0.3 is 0 Å². The third-order valence-electron chi connectivity index (χ3n) is 3.01. The van der Waals surface area contributed by atoms with Crippen LogP contribution in [0.2, 0.25) is 5.02 Å². The zero-order valence-electron chi connectivity index (χ0n) is 11.0. The summed E-state index contributed by atoms with van der Waals surface area (Å²) in [6.07, 6.45) is -0.131. The van der Waals surface area contributed by atoms with E-state index in [0.29, 0.717) is 29.6 Å². The Labute approximate surface area is 123 Å². The first-order valence-electron chi connectivity index (χ1n) is 6.20. The molecule has 0 saturated carbocycles. The lowest BCUT2D eigenvalue weighted by Crippen LogP contribution is -2.55. The normalized spacial score (nSPS) is 22.3. The fraction of sp³-hybridized carbons (Fsp3) is 0.500. The van der Waals surface area contributed by atoms with Crippen LogP contribution >= 0.6 is 23.2 Å². The van der Waals surface area contributed by atoms with Crippen molar-refractivity contribution in [1.82, 2.24) is 4.90 Å². The molecular weight excluding hydrogens is 285 g/mol. The molecule has 1 atom stereocenters. The second kappa shape index (κ2) is 5.70. The number of ether oxygens (including phenoxy) is 1. The van der Waals surface area contributed by atoms with Crippen LogP contribution in [-0.4, -0.2) is 41.5 Å². The van der Waals surface area contributed by atoms with E-state index in [0.717, 1.165) is 0 Å². The number of benzene rings is 1. The Hall–Kier alpha value is -0.770. The SMILES string of the molecule is CC1(C)CN(C(=O)c2cccc(Cl)c2)CC(CCl)O1. The highest BCUT2D eigenvalue weighted by Gasteiger charge is 2.35. The molecule has 0 radical (unpaired) electrons. The van der Waals surface area contributed by atoms with Crippen LogP contribution in [0.25, 0.3) is 0 Å². The van der Waals surface area contributed by atoms with Crippen molar-refractivity contribution in [2.75, 3.05) is 19.0 Å². The highest BCUT2D eigenvalue weighted by Crippen LogP contribution is 2.23. The summed E-state index contributed by atoms with van der Waals surface area (Å²) in [6.45, 7) is 4.98. The smallest absolute Gasteiger partial charge is 0.254 e. The number of carbonyl (C=O) groups excluding carboxylic acids is 1. The zero-order chi connectivity index (χ0) is 14.0. The monoisotopic (exact) mass is 301 g/mol. The molecule has 2 rings (SSSR count). The summed E-state index contributed by atoms with van der Waals surface area (Å²) in [7, 11) is 0. The van der Waals surface area contributed by atoms with Crippen molar-refractivity contribution in [3.05, 3.63) is 34.9 Å². The quantitative estimate of drug-likeness (QED) is 0.785. The van der Waals surface area contributed by atoms with Gasteiger partial charge in [0, 0.05) is 23.7 Å². The maximum atomic E-state index is 12.5. The summed E-state index contributed by atoms with van der Waals surface area (Å²) in [5, 5.41) is 0.562. The Morgan fingerprint density at radius 2 is 2.26 bits per heavy atom. The van der Waals surface area contributed by atoms with E-state index in [-0.39, 0.29) is 17.6 Å². The number of morpholine rings is 1. The Balaban J connectivity index is 2.18. The fourth-order valence-corrected chi connectivity index (χ4v) is 2.69. The molecule has 0 N–H and O–H groups in total.